The van der Waals surface area contributed by atoms with Crippen LogP contribution in [0.1, 0.15) is 30.2 Å². The molecule has 1 heterocycles. The van der Waals surface area contributed by atoms with Gasteiger partial charge in [-0.15, -0.1) is 11.3 Å². The first kappa shape index (κ1) is 10.4. The molecule has 2 rings (SSSR count). The number of nitrogens with two attached hydrogens (primary N) is 1. The predicted octanol–water partition coefficient (Wildman–Crippen LogP) is 2.56. The number of hydrogen-bond acceptors (Lipinski definition) is 3. The first-order chi connectivity index (χ1) is 6.68. The van der Waals surface area contributed by atoms with Crippen LogP contribution in [0.2, 0.25) is 4.34 Å². The smallest absolute Gasteiger partial charge is 0.0931 e. The predicted molar refractivity (Wildman–Crippen MR) is 59.6 cm³/mol. The van der Waals surface area contributed by atoms with Crippen LogP contribution in [0.3, 0.4) is 0 Å². The summed E-state index contributed by atoms with van der Waals surface area (Å²) in [7, 11) is 0. The fourth-order valence-corrected chi connectivity index (χ4v) is 3.20. The third-order valence-electron chi connectivity index (χ3n) is 3.22. The number of halogens is 1. The van der Waals surface area contributed by atoms with Crippen LogP contribution in [-0.4, -0.2) is 11.7 Å². The Hall–Kier alpha value is -0.0900. The average Bonchev–Trinajstić information content (AvgIpc) is 2.50. The van der Waals surface area contributed by atoms with E-state index in [4.69, 9.17) is 17.3 Å². The highest BCUT2D eigenvalue weighted by atomic mass is 35.5. The zero-order valence-corrected chi connectivity index (χ0v) is 9.44. The minimum atomic E-state index is -0.0752. The Morgan fingerprint density at radius 2 is 2.29 bits per heavy atom. The van der Waals surface area contributed by atoms with Gasteiger partial charge in [0.25, 0.3) is 0 Å². The van der Waals surface area contributed by atoms with E-state index in [1.807, 2.05) is 12.1 Å². The maximum absolute atomic E-state index is 9.37. The van der Waals surface area contributed by atoms with Crippen molar-refractivity contribution < 1.29 is 5.11 Å². The molecule has 0 aliphatic heterocycles. The third-order valence-corrected chi connectivity index (χ3v) is 4.54. The van der Waals surface area contributed by atoms with Crippen LogP contribution < -0.4 is 5.73 Å². The first-order valence-corrected chi connectivity index (χ1v) is 5.99. The molecule has 1 fully saturated rings. The van der Waals surface area contributed by atoms with Crippen molar-refractivity contribution in [3.05, 3.63) is 21.3 Å². The second-order valence-electron chi connectivity index (χ2n) is 3.99. The lowest BCUT2D eigenvalue weighted by atomic mass is 9.64. The summed E-state index contributed by atoms with van der Waals surface area (Å²) in [6.45, 7) is 0.184. The zero-order valence-electron chi connectivity index (χ0n) is 7.87. The molecule has 3 N–H and O–H groups in total. The van der Waals surface area contributed by atoms with E-state index in [2.05, 4.69) is 0 Å². The highest BCUT2D eigenvalue weighted by Gasteiger charge is 2.42. The van der Waals surface area contributed by atoms with Gasteiger partial charge in [-0.05, 0) is 25.0 Å². The van der Waals surface area contributed by atoms with Gasteiger partial charge in [0.2, 0.25) is 0 Å². The van der Waals surface area contributed by atoms with Crippen molar-refractivity contribution in [1.82, 2.24) is 0 Å². The fraction of sp³-hybridized carbons (Fsp3) is 0.600. The van der Waals surface area contributed by atoms with Crippen molar-refractivity contribution in [2.24, 2.45) is 11.1 Å². The van der Waals surface area contributed by atoms with Gasteiger partial charge in [0.15, 0.2) is 0 Å². The van der Waals surface area contributed by atoms with Gasteiger partial charge in [-0.3, -0.25) is 0 Å². The summed E-state index contributed by atoms with van der Waals surface area (Å²) in [6.07, 6.45) is 3.23. The quantitative estimate of drug-likeness (QED) is 0.840. The van der Waals surface area contributed by atoms with Gasteiger partial charge in [0.1, 0.15) is 0 Å². The fourth-order valence-electron chi connectivity index (χ4n) is 2.00. The topological polar surface area (TPSA) is 46.2 Å². The van der Waals surface area contributed by atoms with E-state index in [1.165, 1.54) is 17.8 Å². The SMILES string of the molecule is NC(c1ccc(Cl)s1)C1(CO)CCC1. The standard InChI is InChI=1S/C10H14ClNOS/c11-8-3-2-7(14-8)9(12)10(6-13)4-1-5-10/h2-3,9,13H,1,4-6,12H2. The monoisotopic (exact) mass is 231 g/mol. The molecule has 1 aromatic heterocycles. The largest absolute Gasteiger partial charge is 0.396 e. The minimum absolute atomic E-state index is 0.0567. The molecule has 1 atom stereocenters. The Bertz CT molecular complexity index is 316. The summed E-state index contributed by atoms with van der Waals surface area (Å²) in [4.78, 5) is 1.09. The Kier molecular flexibility index (Phi) is 2.84. The molecule has 0 amide bonds. The number of thiophene rings is 1. The molecule has 78 valence electrons. The van der Waals surface area contributed by atoms with Crippen LogP contribution in [0.4, 0.5) is 0 Å². The molecule has 0 spiro atoms. The normalized spacial score (nSPS) is 21.6. The Morgan fingerprint density at radius 3 is 2.64 bits per heavy atom. The molecule has 14 heavy (non-hydrogen) atoms. The highest BCUT2D eigenvalue weighted by molar-refractivity contribution is 7.16. The molecule has 0 saturated heterocycles. The summed E-state index contributed by atoms with van der Waals surface area (Å²) in [5, 5.41) is 9.37. The lowest BCUT2D eigenvalue weighted by Gasteiger charge is -2.44. The summed E-state index contributed by atoms with van der Waals surface area (Å²) in [5.41, 5.74) is 6.08. The van der Waals surface area contributed by atoms with Gasteiger partial charge in [-0.1, -0.05) is 18.0 Å². The van der Waals surface area contributed by atoms with E-state index in [0.717, 1.165) is 22.1 Å². The maximum Gasteiger partial charge on any atom is 0.0931 e. The van der Waals surface area contributed by atoms with Gasteiger partial charge in [-0.2, -0.15) is 0 Å². The second-order valence-corrected chi connectivity index (χ2v) is 5.74. The van der Waals surface area contributed by atoms with Gasteiger partial charge >= 0.3 is 0 Å². The number of aliphatic hydroxyl groups is 1. The van der Waals surface area contributed by atoms with Crippen LogP contribution in [0, 0.1) is 5.41 Å². The molecule has 1 aliphatic carbocycles. The highest BCUT2D eigenvalue weighted by Crippen LogP contribution is 2.50. The van der Waals surface area contributed by atoms with Crippen LogP contribution in [0.25, 0.3) is 0 Å². The van der Waals surface area contributed by atoms with E-state index >= 15 is 0 Å². The van der Waals surface area contributed by atoms with E-state index in [9.17, 15) is 5.11 Å². The summed E-state index contributed by atoms with van der Waals surface area (Å²) in [5.74, 6) is 0. The van der Waals surface area contributed by atoms with Gasteiger partial charge in [0, 0.05) is 16.3 Å². The molecule has 1 aliphatic rings. The third kappa shape index (κ3) is 1.58. The van der Waals surface area contributed by atoms with Crippen LogP contribution in [0.15, 0.2) is 12.1 Å². The van der Waals surface area contributed by atoms with Gasteiger partial charge < -0.3 is 10.8 Å². The molecule has 1 unspecified atom stereocenters. The Morgan fingerprint density at radius 1 is 1.57 bits per heavy atom. The van der Waals surface area contributed by atoms with Crippen LogP contribution in [-0.2, 0) is 0 Å². The van der Waals surface area contributed by atoms with E-state index in [0.29, 0.717) is 0 Å². The Balaban J connectivity index is 2.18. The lowest BCUT2D eigenvalue weighted by molar-refractivity contribution is 0.0194. The molecule has 1 aromatic rings. The van der Waals surface area contributed by atoms with Crippen LogP contribution >= 0.6 is 22.9 Å². The molecular weight excluding hydrogens is 218 g/mol. The van der Waals surface area contributed by atoms with Crippen LogP contribution in [0.5, 0.6) is 0 Å². The maximum atomic E-state index is 9.37. The van der Waals surface area contributed by atoms with Crippen molar-refractivity contribution in [1.29, 1.82) is 0 Å². The summed E-state index contributed by atoms with van der Waals surface area (Å²) >= 11 is 7.38. The molecule has 0 bridgehead atoms. The van der Waals surface area contributed by atoms with E-state index in [1.54, 1.807) is 0 Å². The molecule has 0 aromatic carbocycles. The number of rotatable bonds is 3. The average molecular weight is 232 g/mol. The number of aliphatic hydroxyl groups excluding tert-OH is 1. The first-order valence-electron chi connectivity index (χ1n) is 4.80. The minimum Gasteiger partial charge on any atom is -0.396 e. The molecule has 2 nitrogen and oxygen atoms in total. The summed E-state index contributed by atoms with van der Waals surface area (Å²) in [6, 6.07) is 3.78. The Labute approximate surface area is 92.7 Å². The van der Waals surface area contributed by atoms with Crippen molar-refractivity contribution in [2.75, 3.05) is 6.61 Å². The molecular formula is C10H14ClNOS. The van der Waals surface area contributed by atoms with Gasteiger partial charge in [0.05, 0.1) is 10.9 Å². The van der Waals surface area contributed by atoms with Gasteiger partial charge in [-0.25, -0.2) is 0 Å². The molecule has 1 saturated carbocycles. The molecule has 4 heteroatoms. The van der Waals surface area contributed by atoms with Crippen molar-refractivity contribution in [3.8, 4) is 0 Å². The number of hydrogen-bond donors (Lipinski definition) is 2. The van der Waals surface area contributed by atoms with Crippen molar-refractivity contribution >= 4 is 22.9 Å². The molecule has 0 radical (unpaired) electrons. The zero-order chi connectivity index (χ0) is 10.2. The van der Waals surface area contributed by atoms with E-state index < -0.39 is 0 Å². The second kappa shape index (κ2) is 3.81. The summed E-state index contributed by atoms with van der Waals surface area (Å²) < 4.78 is 0.767. The van der Waals surface area contributed by atoms with Crippen molar-refractivity contribution in [3.63, 3.8) is 0 Å². The van der Waals surface area contributed by atoms with Crippen molar-refractivity contribution in [2.45, 2.75) is 25.3 Å². The van der Waals surface area contributed by atoms with E-state index in [-0.39, 0.29) is 18.1 Å². The lowest BCUT2D eigenvalue weighted by Crippen LogP contribution is -2.43.